The molecule has 4 nitrogen and oxygen atoms in total. The van der Waals surface area contributed by atoms with Crippen molar-refractivity contribution in [3.63, 3.8) is 0 Å². The van der Waals surface area contributed by atoms with E-state index in [0.29, 0.717) is 21.3 Å². The number of pyridine rings is 1. The molecular weight excluding hydrogens is 427 g/mol. The highest BCUT2D eigenvalue weighted by Crippen LogP contribution is 2.35. The van der Waals surface area contributed by atoms with Crippen LogP contribution in [0.3, 0.4) is 0 Å². The molecule has 0 bridgehead atoms. The number of rotatable bonds is 4. The fraction of sp³-hybridized carbons (Fsp3) is 0.154. The predicted molar refractivity (Wildman–Crippen MR) is 98.2 cm³/mol. The Labute approximate surface area is 153 Å². The van der Waals surface area contributed by atoms with Crippen LogP contribution in [0.2, 0.25) is 10.3 Å². The second kappa shape index (κ2) is 6.88. The maximum Gasteiger partial charge on any atom is 0.190 e. The molecule has 0 fully saturated rings. The largest absolute Gasteiger partial charge is 0.384 e. The number of halogens is 3. The van der Waals surface area contributed by atoms with Gasteiger partial charge in [-0.1, -0.05) is 35.0 Å². The van der Waals surface area contributed by atoms with Gasteiger partial charge in [-0.15, -0.1) is 11.3 Å². The summed E-state index contributed by atoms with van der Waals surface area (Å²) in [7, 11) is 0. The average Bonchev–Trinajstić information content (AvgIpc) is 2.80. The molecular formula is C13H9BrCl2N4S2. The molecule has 3 aromatic rings. The highest BCUT2D eigenvalue weighted by molar-refractivity contribution is 9.10. The summed E-state index contributed by atoms with van der Waals surface area (Å²) in [6.07, 6.45) is 0.748. The first-order valence-electron chi connectivity index (χ1n) is 6.18. The molecule has 9 heteroatoms. The van der Waals surface area contributed by atoms with Crippen LogP contribution in [0.15, 0.2) is 27.1 Å². The minimum absolute atomic E-state index is 0.347. The van der Waals surface area contributed by atoms with E-state index in [-0.39, 0.29) is 0 Å². The van der Waals surface area contributed by atoms with Crippen molar-refractivity contribution in [3.8, 4) is 0 Å². The second-order valence-electron chi connectivity index (χ2n) is 4.36. The van der Waals surface area contributed by atoms with Crippen LogP contribution in [-0.4, -0.2) is 20.7 Å². The van der Waals surface area contributed by atoms with Gasteiger partial charge in [-0.25, -0.2) is 15.0 Å². The Kier molecular flexibility index (Phi) is 5.09. The third-order valence-corrected chi connectivity index (χ3v) is 6.20. The second-order valence-corrected chi connectivity index (χ2v) is 7.90. The van der Waals surface area contributed by atoms with Gasteiger partial charge in [0.2, 0.25) is 0 Å². The number of aryl methyl sites for hydroxylation is 1. The predicted octanol–water partition coefficient (Wildman–Crippen LogP) is 5.07. The van der Waals surface area contributed by atoms with Gasteiger partial charge in [0.05, 0.1) is 4.70 Å². The van der Waals surface area contributed by atoms with E-state index in [1.54, 1.807) is 11.3 Å². The Morgan fingerprint density at radius 2 is 2.05 bits per heavy atom. The van der Waals surface area contributed by atoms with Gasteiger partial charge in [-0.05, 0) is 28.4 Å². The van der Waals surface area contributed by atoms with E-state index in [1.807, 2.05) is 5.38 Å². The zero-order chi connectivity index (χ0) is 15.7. The normalized spacial score (nSPS) is 11.2. The van der Waals surface area contributed by atoms with Crippen LogP contribution in [0.1, 0.15) is 5.69 Å². The summed E-state index contributed by atoms with van der Waals surface area (Å²) < 4.78 is 2.03. The fourth-order valence-electron chi connectivity index (χ4n) is 1.87. The van der Waals surface area contributed by atoms with Crippen LogP contribution in [0.4, 0.5) is 5.82 Å². The first-order valence-corrected chi connectivity index (χ1v) is 9.59. The Bertz CT molecular complexity index is 820. The number of aromatic nitrogens is 3. The van der Waals surface area contributed by atoms with Gasteiger partial charge in [0.1, 0.15) is 16.1 Å². The van der Waals surface area contributed by atoms with Crippen molar-refractivity contribution >= 4 is 78.1 Å². The molecule has 0 spiro atoms. The van der Waals surface area contributed by atoms with Gasteiger partial charge in [-0.3, -0.25) is 0 Å². The molecule has 2 N–H and O–H groups in total. The summed E-state index contributed by atoms with van der Waals surface area (Å²) in [4.78, 5) is 12.7. The molecule has 3 aromatic heterocycles. The standard InChI is InChI=1S/C13H9BrCl2N4S2/c14-8-5-22-11-7(8)3-6(18-12(11)16)1-2-21-13-19-9(15)4-10(17)20-13/h3-5H,1-2H2,(H2,17,19,20). The molecule has 0 aromatic carbocycles. The number of thiophene rings is 1. The Morgan fingerprint density at radius 3 is 2.82 bits per heavy atom. The lowest BCUT2D eigenvalue weighted by atomic mass is 10.2. The van der Waals surface area contributed by atoms with Gasteiger partial charge in [0.25, 0.3) is 0 Å². The number of anilines is 1. The van der Waals surface area contributed by atoms with Crippen LogP contribution < -0.4 is 5.73 Å². The smallest absolute Gasteiger partial charge is 0.190 e. The summed E-state index contributed by atoms with van der Waals surface area (Å²) in [6.45, 7) is 0. The molecule has 0 aliphatic carbocycles. The maximum atomic E-state index is 6.23. The number of nitrogens with two attached hydrogens (primary N) is 1. The SMILES string of the molecule is Nc1cc(Cl)nc(SCCc2cc3c(Br)csc3c(Cl)n2)n1. The summed E-state index contributed by atoms with van der Waals surface area (Å²) in [5.41, 5.74) is 6.58. The summed E-state index contributed by atoms with van der Waals surface area (Å²) in [6, 6.07) is 3.57. The summed E-state index contributed by atoms with van der Waals surface area (Å²) in [5, 5.41) is 4.55. The van der Waals surface area contributed by atoms with Crippen LogP contribution in [0, 0.1) is 0 Å². The Balaban J connectivity index is 1.72. The molecule has 22 heavy (non-hydrogen) atoms. The van der Waals surface area contributed by atoms with E-state index in [4.69, 9.17) is 28.9 Å². The molecule has 3 heterocycles. The lowest BCUT2D eigenvalue weighted by Gasteiger charge is -2.04. The van der Waals surface area contributed by atoms with Crippen molar-refractivity contribution in [1.82, 2.24) is 15.0 Å². The molecule has 0 saturated heterocycles. The van der Waals surface area contributed by atoms with Gasteiger partial charge in [0, 0.05) is 32.8 Å². The highest BCUT2D eigenvalue weighted by atomic mass is 79.9. The van der Waals surface area contributed by atoms with Crippen LogP contribution >= 0.6 is 62.2 Å². The molecule has 0 amide bonds. The Hall–Kier alpha value is -0.600. The zero-order valence-electron chi connectivity index (χ0n) is 11.0. The topological polar surface area (TPSA) is 64.7 Å². The van der Waals surface area contributed by atoms with Crippen molar-refractivity contribution in [2.24, 2.45) is 0 Å². The molecule has 0 aliphatic heterocycles. The van der Waals surface area contributed by atoms with Gasteiger partial charge in [-0.2, -0.15) is 0 Å². The number of hydrogen-bond donors (Lipinski definition) is 1. The minimum Gasteiger partial charge on any atom is -0.384 e. The number of thioether (sulfide) groups is 1. The molecule has 0 radical (unpaired) electrons. The van der Waals surface area contributed by atoms with Crippen LogP contribution in [0.25, 0.3) is 10.1 Å². The van der Waals surface area contributed by atoms with Gasteiger partial charge in [0.15, 0.2) is 5.16 Å². The van der Waals surface area contributed by atoms with E-state index < -0.39 is 0 Å². The molecule has 0 unspecified atom stereocenters. The van der Waals surface area contributed by atoms with Crippen molar-refractivity contribution in [2.45, 2.75) is 11.6 Å². The van der Waals surface area contributed by atoms with Crippen molar-refractivity contribution in [2.75, 3.05) is 11.5 Å². The third-order valence-electron chi connectivity index (χ3n) is 2.81. The monoisotopic (exact) mass is 434 g/mol. The van der Waals surface area contributed by atoms with E-state index >= 15 is 0 Å². The molecule has 0 aliphatic rings. The summed E-state index contributed by atoms with van der Waals surface area (Å²) >= 11 is 18.7. The van der Waals surface area contributed by atoms with Crippen LogP contribution in [-0.2, 0) is 6.42 Å². The maximum absolute atomic E-state index is 6.23. The molecule has 3 rings (SSSR count). The molecule has 114 valence electrons. The lowest BCUT2D eigenvalue weighted by molar-refractivity contribution is 0.969. The minimum atomic E-state index is 0.347. The molecule has 0 saturated carbocycles. The number of fused-ring (bicyclic) bond motifs is 1. The average molecular weight is 436 g/mol. The quantitative estimate of drug-likeness (QED) is 0.268. The van der Waals surface area contributed by atoms with E-state index in [1.165, 1.54) is 17.8 Å². The summed E-state index contributed by atoms with van der Waals surface area (Å²) in [5.74, 6) is 1.13. The Morgan fingerprint density at radius 1 is 1.23 bits per heavy atom. The third kappa shape index (κ3) is 3.65. The van der Waals surface area contributed by atoms with Gasteiger partial charge >= 0.3 is 0 Å². The van der Waals surface area contributed by atoms with E-state index in [9.17, 15) is 0 Å². The van der Waals surface area contributed by atoms with E-state index in [0.717, 1.165) is 32.4 Å². The number of nitrogens with zero attached hydrogens (tertiary/aromatic N) is 3. The number of nitrogen functional groups attached to an aromatic ring is 1. The van der Waals surface area contributed by atoms with Gasteiger partial charge < -0.3 is 5.73 Å². The lowest BCUT2D eigenvalue weighted by Crippen LogP contribution is -1.97. The van der Waals surface area contributed by atoms with Crippen LogP contribution in [0.5, 0.6) is 0 Å². The van der Waals surface area contributed by atoms with Crippen molar-refractivity contribution in [1.29, 1.82) is 0 Å². The number of hydrogen-bond acceptors (Lipinski definition) is 6. The molecule has 0 atom stereocenters. The first-order chi connectivity index (χ1) is 10.5. The van der Waals surface area contributed by atoms with E-state index in [2.05, 4.69) is 36.9 Å². The highest BCUT2D eigenvalue weighted by Gasteiger charge is 2.10. The van der Waals surface area contributed by atoms with Crippen molar-refractivity contribution < 1.29 is 0 Å². The van der Waals surface area contributed by atoms with Crippen molar-refractivity contribution in [3.05, 3.63) is 38.0 Å². The first kappa shape index (κ1) is 16.3. The zero-order valence-corrected chi connectivity index (χ0v) is 15.7. The fourth-order valence-corrected chi connectivity index (χ4v) is 4.79.